The monoisotopic (exact) mass is 406 g/mol. The first kappa shape index (κ1) is 19.7. The molecule has 1 heterocycles. The molecule has 1 aromatic heterocycles. The van der Waals surface area contributed by atoms with Crippen molar-refractivity contribution in [2.45, 2.75) is 56.5 Å². The van der Waals surface area contributed by atoms with Gasteiger partial charge in [-0.2, -0.15) is 0 Å². The quantitative estimate of drug-likeness (QED) is 0.544. The molecule has 29 heavy (non-hydrogen) atoms. The van der Waals surface area contributed by atoms with Crippen molar-refractivity contribution in [1.29, 1.82) is 0 Å². The number of thioether (sulfide) groups is 1. The van der Waals surface area contributed by atoms with Gasteiger partial charge in [-0.25, -0.2) is 0 Å². The number of anilines is 1. The van der Waals surface area contributed by atoms with Crippen LogP contribution in [0.25, 0.3) is 0 Å². The first-order chi connectivity index (χ1) is 14.1. The van der Waals surface area contributed by atoms with Crippen molar-refractivity contribution >= 4 is 23.4 Å². The third-order valence-corrected chi connectivity index (χ3v) is 6.45. The number of nitrogens with zero attached hydrogens (tertiary/aromatic N) is 3. The van der Waals surface area contributed by atoms with Gasteiger partial charge in [-0.3, -0.25) is 4.79 Å². The van der Waals surface area contributed by atoms with Crippen LogP contribution in [-0.4, -0.2) is 20.7 Å². The molecule has 0 radical (unpaired) electrons. The molecule has 1 amide bonds. The number of aromatic nitrogens is 3. The largest absolute Gasteiger partial charge is 0.325 e. The third-order valence-electron chi connectivity index (χ3n) is 5.22. The average molecular weight is 407 g/mol. The van der Waals surface area contributed by atoms with Gasteiger partial charge in [0.15, 0.2) is 5.16 Å². The minimum absolute atomic E-state index is 0.0477. The maximum atomic E-state index is 13.3. The molecule has 1 saturated carbocycles. The van der Waals surface area contributed by atoms with Crippen LogP contribution in [0, 0.1) is 13.8 Å². The number of rotatable bonds is 7. The van der Waals surface area contributed by atoms with Crippen molar-refractivity contribution in [3.05, 3.63) is 71.0 Å². The first-order valence-electron chi connectivity index (χ1n) is 10.1. The highest BCUT2D eigenvalue weighted by Crippen LogP contribution is 2.42. The number of carbonyl (C=O) groups excluding carboxylic acids is 1. The summed E-state index contributed by atoms with van der Waals surface area (Å²) in [6.07, 6.45) is 2.36. The molecular weight excluding hydrogens is 380 g/mol. The standard InChI is InChI=1S/C23H26N4OS/c1-4-27-21(18-12-13-18)25-26-23(27)29-20(17-8-6-5-7-9-17)22(28)24-19-14-15(2)10-11-16(19)3/h5-11,14,18,20H,4,12-13H2,1-3H3,(H,24,28). The van der Waals surface area contributed by atoms with E-state index < -0.39 is 5.25 Å². The summed E-state index contributed by atoms with van der Waals surface area (Å²) in [5.74, 6) is 1.53. The number of hydrogen-bond acceptors (Lipinski definition) is 4. The van der Waals surface area contributed by atoms with Crippen LogP contribution in [0.15, 0.2) is 53.7 Å². The normalized spacial score (nSPS) is 14.6. The molecule has 1 fully saturated rings. The van der Waals surface area contributed by atoms with Gasteiger partial charge < -0.3 is 9.88 Å². The molecule has 5 nitrogen and oxygen atoms in total. The van der Waals surface area contributed by atoms with Gasteiger partial charge in [0, 0.05) is 18.2 Å². The molecule has 0 saturated heterocycles. The Balaban J connectivity index is 1.64. The Labute approximate surface area is 175 Å². The van der Waals surface area contributed by atoms with Gasteiger partial charge in [0.25, 0.3) is 0 Å². The molecule has 1 atom stereocenters. The van der Waals surface area contributed by atoms with E-state index >= 15 is 0 Å². The van der Waals surface area contributed by atoms with E-state index in [4.69, 9.17) is 0 Å². The van der Waals surface area contributed by atoms with Gasteiger partial charge in [-0.05, 0) is 56.4 Å². The van der Waals surface area contributed by atoms with Gasteiger partial charge in [0.1, 0.15) is 11.1 Å². The predicted molar refractivity (Wildman–Crippen MR) is 117 cm³/mol. The zero-order valence-electron chi connectivity index (χ0n) is 17.1. The topological polar surface area (TPSA) is 59.8 Å². The minimum Gasteiger partial charge on any atom is -0.325 e. The van der Waals surface area contributed by atoms with E-state index in [0.717, 1.165) is 39.9 Å². The zero-order chi connectivity index (χ0) is 20.4. The molecule has 0 spiro atoms. The number of benzene rings is 2. The Morgan fingerprint density at radius 1 is 1.17 bits per heavy atom. The summed E-state index contributed by atoms with van der Waals surface area (Å²) in [5.41, 5.74) is 3.98. The molecule has 2 aromatic carbocycles. The molecule has 0 aliphatic heterocycles. The number of aryl methyl sites for hydroxylation is 2. The van der Waals surface area contributed by atoms with Crippen LogP contribution in [0.2, 0.25) is 0 Å². The van der Waals surface area contributed by atoms with E-state index in [1.807, 2.05) is 56.3 Å². The molecule has 0 bridgehead atoms. The van der Waals surface area contributed by atoms with Crippen LogP contribution >= 0.6 is 11.8 Å². The van der Waals surface area contributed by atoms with Crippen molar-refractivity contribution in [2.75, 3.05) is 5.32 Å². The smallest absolute Gasteiger partial charge is 0.242 e. The third kappa shape index (κ3) is 4.37. The summed E-state index contributed by atoms with van der Waals surface area (Å²) in [4.78, 5) is 13.3. The van der Waals surface area contributed by atoms with Crippen LogP contribution in [0.3, 0.4) is 0 Å². The van der Waals surface area contributed by atoms with Gasteiger partial charge in [0.05, 0.1) is 0 Å². The van der Waals surface area contributed by atoms with Crippen molar-refractivity contribution in [3.63, 3.8) is 0 Å². The Kier molecular flexibility index (Phi) is 5.72. The first-order valence-corrected chi connectivity index (χ1v) is 11.0. The van der Waals surface area contributed by atoms with Crippen molar-refractivity contribution in [3.8, 4) is 0 Å². The van der Waals surface area contributed by atoms with Gasteiger partial charge in [-0.15, -0.1) is 10.2 Å². The fourth-order valence-electron chi connectivity index (χ4n) is 3.40. The van der Waals surface area contributed by atoms with Crippen molar-refractivity contribution in [2.24, 2.45) is 0 Å². The maximum absolute atomic E-state index is 13.3. The minimum atomic E-state index is -0.405. The highest BCUT2D eigenvalue weighted by atomic mass is 32.2. The summed E-state index contributed by atoms with van der Waals surface area (Å²) in [5, 5.41) is 12.4. The average Bonchev–Trinajstić information content (AvgIpc) is 3.49. The molecule has 1 unspecified atom stereocenters. The molecular formula is C23H26N4OS. The highest BCUT2D eigenvalue weighted by molar-refractivity contribution is 8.00. The SMILES string of the molecule is CCn1c(SC(C(=O)Nc2cc(C)ccc2C)c2ccccc2)nnc1C1CC1. The Morgan fingerprint density at radius 2 is 1.93 bits per heavy atom. The lowest BCUT2D eigenvalue weighted by Crippen LogP contribution is -2.20. The van der Waals surface area contributed by atoms with Crippen LogP contribution < -0.4 is 5.32 Å². The molecule has 3 aromatic rings. The van der Waals surface area contributed by atoms with E-state index in [9.17, 15) is 4.79 Å². The van der Waals surface area contributed by atoms with Gasteiger partial charge in [0.2, 0.25) is 5.91 Å². The summed E-state index contributed by atoms with van der Waals surface area (Å²) in [6, 6.07) is 16.0. The Bertz CT molecular complexity index is 1010. The molecule has 4 rings (SSSR count). The number of nitrogens with one attached hydrogen (secondary N) is 1. The summed E-state index contributed by atoms with van der Waals surface area (Å²) < 4.78 is 2.16. The number of hydrogen-bond donors (Lipinski definition) is 1. The second-order valence-corrected chi connectivity index (χ2v) is 8.65. The second kappa shape index (κ2) is 8.41. The molecule has 1 aliphatic carbocycles. The van der Waals surface area contributed by atoms with Crippen molar-refractivity contribution < 1.29 is 4.79 Å². The Morgan fingerprint density at radius 3 is 2.62 bits per heavy atom. The lowest BCUT2D eigenvalue weighted by atomic mass is 10.1. The lowest BCUT2D eigenvalue weighted by molar-refractivity contribution is -0.115. The summed E-state index contributed by atoms with van der Waals surface area (Å²) in [7, 11) is 0. The van der Waals surface area contributed by atoms with E-state index in [0.29, 0.717) is 5.92 Å². The van der Waals surface area contributed by atoms with Gasteiger partial charge in [-0.1, -0.05) is 54.2 Å². The van der Waals surface area contributed by atoms with Crippen LogP contribution in [0.1, 0.15) is 53.4 Å². The van der Waals surface area contributed by atoms with E-state index in [-0.39, 0.29) is 5.91 Å². The fourth-order valence-corrected chi connectivity index (χ4v) is 4.51. The zero-order valence-corrected chi connectivity index (χ0v) is 17.9. The van der Waals surface area contributed by atoms with E-state index in [1.165, 1.54) is 24.6 Å². The van der Waals surface area contributed by atoms with Crippen LogP contribution in [0.5, 0.6) is 0 Å². The number of carbonyl (C=O) groups is 1. The predicted octanol–water partition coefficient (Wildman–Crippen LogP) is 5.26. The molecule has 150 valence electrons. The highest BCUT2D eigenvalue weighted by Gasteiger charge is 2.32. The fraction of sp³-hybridized carbons (Fsp3) is 0.348. The van der Waals surface area contributed by atoms with Gasteiger partial charge >= 0.3 is 0 Å². The van der Waals surface area contributed by atoms with E-state index in [1.54, 1.807) is 0 Å². The van der Waals surface area contributed by atoms with E-state index in [2.05, 4.69) is 33.1 Å². The maximum Gasteiger partial charge on any atom is 0.242 e. The Hall–Kier alpha value is -2.60. The van der Waals surface area contributed by atoms with Crippen LogP contribution in [-0.2, 0) is 11.3 Å². The molecule has 6 heteroatoms. The lowest BCUT2D eigenvalue weighted by Gasteiger charge is -2.18. The summed E-state index contributed by atoms with van der Waals surface area (Å²) in [6.45, 7) is 6.95. The summed E-state index contributed by atoms with van der Waals surface area (Å²) >= 11 is 1.47. The van der Waals surface area contributed by atoms with Crippen LogP contribution in [0.4, 0.5) is 5.69 Å². The van der Waals surface area contributed by atoms with Crippen molar-refractivity contribution in [1.82, 2.24) is 14.8 Å². The number of amides is 1. The molecule has 1 N–H and O–H groups in total. The second-order valence-electron chi connectivity index (χ2n) is 7.58. The molecule has 1 aliphatic rings.